The minimum absolute atomic E-state index is 0.170. The topological polar surface area (TPSA) is 41.6 Å². The molecule has 1 heterocycles. The zero-order valence-electron chi connectivity index (χ0n) is 15.6. The van der Waals surface area contributed by atoms with Gasteiger partial charge in [-0.25, -0.2) is 4.79 Å². The number of anilines is 1. The third kappa shape index (κ3) is 3.52. The van der Waals surface area contributed by atoms with Gasteiger partial charge in [-0.1, -0.05) is 32.0 Å². The minimum atomic E-state index is -0.427. The molecule has 3 rings (SSSR count). The average Bonchev–Trinajstić information content (AvgIpc) is 3.18. The predicted molar refractivity (Wildman–Crippen MR) is 97.4 cm³/mol. The summed E-state index contributed by atoms with van der Waals surface area (Å²) in [5.74, 6) is 1.03. The second-order valence-electron chi connectivity index (χ2n) is 8.60. The number of ether oxygens (including phenoxy) is 1. The van der Waals surface area contributed by atoms with Gasteiger partial charge in [0.1, 0.15) is 5.60 Å². The lowest BCUT2D eigenvalue weighted by Crippen LogP contribution is -2.45. The number of fused-ring (bicyclic) bond motifs is 1. The minimum Gasteiger partial charge on any atom is -0.444 e. The summed E-state index contributed by atoms with van der Waals surface area (Å²) in [5.41, 5.74) is 2.36. The lowest BCUT2D eigenvalue weighted by molar-refractivity contribution is 0.0204. The van der Waals surface area contributed by atoms with Gasteiger partial charge in [0.15, 0.2) is 0 Å². The van der Waals surface area contributed by atoms with Crippen molar-refractivity contribution in [3.8, 4) is 0 Å². The van der Waals surface area contributed by atoms with Crippen LogP contribution in [0.1, 0.15) is 58.9 Å². The smallest absolute Gasteiger partial charge is 0.410 e. The fourth-order valence-corrected chi connectivity index (χ4v) is 3.71. The van der Waals surface area contributed by atoms with Crippen LogP contribution in [0.4, 0.5) is 10.5 Å². The molecular formula is C20H30N2O2. The number of carbonyl (C=O) groups is 1. The molecule has 2 aliphatic rings. The molecular weight excluding hydrogens is 300 g/mol. The average molecular weight is 330 g/mol. The molecule has 0 spiro atoms. The van der Waals surface area contributed by atoms with Crippen molar-refractivity contribution in [3.05, 3.63) is 29.8 Å². The highest BCUT2D eigenvalue weighted by Gasteiger charge is 2.57. The van der Waals surface area contributed by atoms with Gasteiger partial charge in [0, 0.05) is 30.2 Å². The molecule has 1 N–H and O–H groups in total. The maximum Gasteiger partial charge on any atom is 0.410 e. The van der Waals surface area contributed by atoms with Crippen molar-refractivity contribution in [1.82, 2.24) is 4.90 Å². The Kier molecular flexibility index (Phi) is 4.27. The number of piperidine rings is 1. The summed E-state index contributed by atoms with van der Waals surface area (Å²) < 4.78 is 5.51. The summed E-state index contributed by atoms with van der Waals surface area (Å²) in [6.07, 6.45) is 1.95. The Morgan fingerprint density at radius 1 is 1.33 bits per heavy atom. The first kappa shape index (κ1) is 17.1. The summed E-state index contributed by atoms with van der Waals surface area (Å²) in [6.45, 7) is 11.8. The zero-order valence-corrected chi connectivity index (χ0v) is 15.6. The van der Waals surface area contributed by atoms with Crippen molar-refractivity contribution in [2.24, 2.45) is 5.92 Å². The van der Waals surface area contributed by atoms with Crippen molar-refractivity contribution in [2.75, 3.05) is 18.4 Å². The van der Waals surface area contributed by atoms with Crippen LogP contribution in [0.2, 0.25) is 0 Å². The Morgan fingerprint density at radius 3 is 2.67 bits per heavy atom. The van der Waals surface area contributed by atoms with Crippen LogP contribution < -0.4 is 5.32 Å². The standard InChI is InChI=1S/C20H30N2O2/c1-14(2)16-8-6-7-9-17(16)21-20-10-11-22(13-15(20)12-20)18(23)24-19(3,4)5/h6-9,14-15,21H,10-13H2,1-5H3. The summed E-state index contributed by atoms with van der Waals surface area (Å²) in [7, 11) is 0. The highest BCUT2D eigenvalue weighted by atomic mass is 16.6. The monoisotopic (exact) mass is 330 g/mol. The quantitative estimate of drug-likeness (QED) is 0.879. The number of likely N-dealkylation sites (tertiary alicyclic amines) is 1. The third-order valence-electron chi connectivity index (χ3n) is 5.12. The molecule has 2 fully saturated rings. The van der Waals surface area contributed by atoms with Crippen LogP contribution in [0.3, 0.4) is 0 Å². The molecule has 132 valence electrons. The van der Waals surface area contributed by atoms with E-state index in [9.17, 15) is 4.79 Å². The van der Waals surface area contributed by atoms with Crippen molar-refractivity contribution < 1.29 is 9.53 Å². The highest BCUT2D eigenvalue weighted by Crippen LogP contribution is 2.52. The molecule has 4 nitrogen and oxygen atoms in total. The van der Waals surface area contributed by atoms with E-state index in [1.54, 1.807) is 0 Å². The second kappa shape index (κ2) is 5.98. The first-order chi connectivity index (χ1) is 11.2. The lowest BCUT2D eigenvalue weighted by atomic mass is 9.98. The molecule has 1 aliphatic carbocycles. The predicted octanol–water partition coefficient (Wildman–Crippen LogP) is 4.62. The largest absolute Gasteiger partial charge is 0.444 e. The lowest BCUT2D eigenvalue weighted by Gasteiger charge is -2.34. The second-order valence-corrected chi connectivity index (χ2v) is 8.60. The molecule has 4 heteroatoms. The van der Waals surface area contributed by atoms with Crippen LogP contribution in [0.5, 0.6) is 0 Å². The van der Waals surface area contributed by atoms with Crippen LogP contribution in [-0.2, 0) is 4.74 Å². The molecule has 0 aromatic heterocycles. The summed E-state index contributed by atoms with van der Waals surface area (Å²) >= 11 is 0. The molecule has 1 aromatic rings. The molecule has 1 saturated carbocycles. The maximum absolute atomic E-state index is 12.3. The van der Waals surface area contributed by atoms with Gasteiger partial charge in [0.25, 0.3) is 0 Å². The number of amides is 1. The highest BCUT2D eigenvalue weighted by molar-refractivity contribution is 5.69. The van der Waals surface area contributed by atoms with E-state index < -0.39 is 5.60 Å². The fraction of sp³-hybridized carbons (Fsp3) is 0.650. The number of nitrogens with zero attached hydrogens (tertiary/aromatic N) is 1. The molecule has 1 saturated heterocycles. The van der Waals surface area contributed by atoms with E-state index in [2.05, 4.69) is 43.4 Å². The van der Waals surface area contributed by atoms with E-state index in [0.717, 1.165) is 25.9 Å². The molecule has 1 aromatic carbocycles. The van der Waals surface area contributed by atoms with E-state index in [4.69, 9.17) is 4.74 Å². The number of rotatable bonds is 3. The number of hydrogen-bond donors (Lipinski definition) is 1. The Labute approximate surface area is 145 Å². The first-order valence-electron chi connectivity index (χ1n) is 9.05. The molecule has 0 radical (unpaired) electrons. The Balaban J connectivity index is 1.63. The van der Waals surface area contributed by atoms with Gasteiger partial charge < -0.3 is 15.0 Å². The van der Waals surface area contributed by atoms with Crippen molar-refractivity contribution in [2.45, 2.75) is 64.5 Å². The molecule has 1 amide bonds. The van der Waals surface area contributed by atoms with Gasteiger partial charge >= 0.3 is 6.09 Å². The molecule has 1 aliphatic heterocycles. The maximum atomic E-state index is 12.3. The van der Waals surface area contributed by atoms with Gasteiger partial charge in [-0.15, -0.1) is 0 Å². The van der Waals surface area contributed by atoms with E-state index in [1.165, 1.54) is 11.3 Å². The fourth-order valence-electron chi connectivity index (χ4n) is 3.71. The normalized spacial score (nSPS) is 26.1. The number of hydrogen-bond acceptors (Lipinski definition) is 3. The summed E-state index contributed by atoms with van der Waals surface area (Å²) in [4.78, 5) is 14.1. The molecule has 24 heavy (non-hydrogen) atoms. The number of benzene rings is 1. The third-order valence-corrected chi connectivity index (χ3v) is 5.12. The van der Waals surface area contributed by atoms with Crippen molar-refractivity contribution >= 4 is 11.8 Å². The first-order valence-corrected chi connectivity index (χ1v) is 9.05. The molecule has 2 unspecified atom stereocenters. The van der Waals surface area contributed by atoms with Crippen molar-refractivity contribution in [3.63, 3.8) is 0 Å². The molecule has 0 bridgehead atoms. The van der Waals surface area contributed by atoms with Gasteiger partial charge in [0.2, 0.25) is 0 Å². The van der Waals surface area contributed by atoms with E-state index in [0.29, 0.717) is 11.8 Å². The van der Waals surface area contributed by atoms with E-state index >= 15 is 0 Å². The van der Waals surface area contributed by atoms with Gasteiger partial charge in [-0.05, 0) is 51.2 Å². The Bertz CT molecular complexity index is 620. The van der Waals surface area contributed by atoms with Crippen LogP contribution in [0.25, 0.3) is 0 Å². The number of carbonyl (C=O) groups excluding carboxylic acids is 1. The van der Waals surface area contributed by atoms with Crippen LogP contribution in [0.15, 0.2) is 24.3 Å². The Hall–Kier alpha value is -1.71. The van der Waals surface area contributed by atoms with Gasteiger partial charge in [-0.3, -0.25) is 0 Å². The summed E-state index contributed by atoms with van der Waals surface area (Å²) in [5, 5.41) is 3.81. The van der Waals surface area contributed by atoms with Gasteiger partial charge in [-0.2, -0.15) is 0 Å². The van der Waals surface area contributed by atoms with Crippen LogP contribution in [0, 0.1) is 5.92 Å². The Morgan fingerprint density at radius 2 is 2.04 bits per heavy atom. The van der Waals surface area contributed by atoms with Crippen molar-refractivity contribution in [1.29, 1.82) is 0 Å². The summed E-state index contributed by atoms with van der Waals surface area (Å²) in [6, 6.07) is 8.59. The van der Waals surface area contributed by atoms with E-state index in [-0.39, 0.29) is 11.6 Å². The van der Waals surface area contributed by atoms with Crippen LogP contribution >= 0.6 is 0 Å². The zero-order chi connectivity index (χ0) is 17.5. The number of para-hydroxylation sites is 1. The van der Waals surface area contributed by atoms with Crippen LogP contribution in [-0.4, -0.2) is 35.2 Å². The van der Waals surface area contributed by atoms with E-state index in [1.807, 2.05) is 25.7 Å². The number of nitrogens with one attached hydrogen (secondary N) is 1. The SMILES string of the molecule is CC(C)c1ccccc1NC12CCN(C(=O)OC(C)(C)C)CC1C2. The van der Waals surface area contributed by atoms with Gasteiger partial charge in [0.05, 0.1) is 0 Å². The molecule has 2 atom stereocenters.